The van der Waals surface area contributed by atoms with Crippen LogP contribution in [0.2, 0.25) is 0 Å². The van der Waals surface area contributed by atoms with Gasteiger partial charge in [0.25, 0.3) is 0 Å². The number of carbonyl (C=O) groups is 1. The van der Waals surface area contributed by atoms with Crippen LogP contribution in [0.15, 0.2) is 47.6 Å². The van der Waals surface area contributed by atoms with Crippen LogP contribution in [0.1, 0.15) is 18.1 Å². The van der Waals surface area contributed by atoms with Crippen molar-refractivity contribution in [2.75, 3.05) is 17.7 Å². The van der Waals surface area contributed by atoms with E-state index in [1.165, 1.54) is 17.3 Å². The van der Waals surface area contributed by atoms with Gasteiger partial charge in [-0.2, -0.15) is 4.68 Å². The van der Waals surface area contributed by atoms with E-state index >= 15 is 0 Å². The van der Waals surface area contributed by atoms with Crippen molar-refractivity contribution in [1.82, 2.24) is 20.2 Å². The third-order valence-corrected chi connectivity index (χ3v) is 4.89. The summed E-state index contributed by atoms with van der Waals surface area (Å²) in [7, 11) is 0. The lowest BCUT2D eigenvalue weighted by Gasteiger charge is -2.11. The highest BCUT2D eigenvalue weighted by atomic mass is 32.2. The minimum absolute atomic E-state index is 0.151. The number of nitrogens with one attached hydrogen (secondary N) is 1. The number of thioether (sulfide) groups is 1. The van der Waals surface area contributed by atoms with Crippen LogP contribution in [0.3, 0.4) is 0 Å². The van der Waals surface area contributed by atoms with Gasteiger partial charge in [-0.15, -0.1) is 5.10 Å². The molecule has 1 aromatic heterocycles. The molecule has 3 rings (SSSR count). The van der Waals surface area contributed by atoms with Crippen LogP contribution in [-0.4, -0.2) is 38.5 Å². The summed E-state index contributed by atoms with van der Waals surface area (Å²) in [6.07, 6.45) is 0. The summed E-state index contributed by atoms with van der Waals surface area (Å²) in [5, 5.41) is 15.2. The minimum Gasteiger partial charge on any atom is -0.492 e. The largest absolute Gasteiger partial charge is 0.492 e. The van der Waals surface area contributed by atoms with Crippen LogP contribution in [-0.2, 0) is 4.79 Å². The zero-order valence-electron chi connectivity index (χ0n) is 15.5. The van der Waals surface area contributed by atoms with Crippen molar-refractivity contribution >= 4 is 23.4 Å². The monoisotopic (exact) mass is 383 g/mol. The van der Waals surface area contributed by atoms with Gasteiger partial charge in [-0.25, -0.2) is 0 Å². The van der Waals surface area contributed by atoms with E-state index in [0.717, 1.165) is 11.3 Å². The first-order valence-corrected chi connectivity index (χ1v) is 9.57. The normalized spacial score (nSPS) is 10.6. The molecule has 1 N–H and O–H groups in total. The van der Waals surface area contributed by atoms with Crippen molar-refractivity contribution in [3.8, 4) is 11.4 Å². The number of amides is 1. The maximum atomic E-state index is 12.3. The molecule has 0 saturated carbocycles. The van der Waals surface area contributed by atoms with Crippen molar-refractivity contribution in [3.05, 3.63) is 53.6 Å². The Morgan fingerprint density at radius 1 is 1.19 bits per heavy atom. The van der Waals surface area contributed by atoms with Crippen molar-refractivity contribution in [2.45, 2.75) is 25.9 Å². The average molecular weight is 383 g/mol. The SMILES string of the molecule is CCOc1ccccc1NC(=O)CSc1nnnn1-c1ccc(C)c(C)c1. The van der Waals surface area contributed by atoms with Crippen molar-refractivity contribution < 1.29 is 9.53 Å². The third kappa shape index (κ3) is 4.65. The summed E-state index contributed by atoms with van der Waals surface area (Å²) in [5.74, 6) is 0.686. The Morgan fingerprint density at radius 2 is 2.00 bits per heavy atom. The molecule has 2 aromatic carbocycles. The van der Waals surface area contributed by atoms with E-state index in [4.69, 9.17) is 4.74 Å². The minimum atomic E-state index is -0.151. The highest BCUT2D eigenvalue weighted by molar-refractivity contribution is 7.99. The van der Waals surface area contributed by atoms with Gasteiger partial charge >= 0.3 is 0 Å². The molecule has 0 aliphatic carbocycles. The maximum Gasteiger partial charge on any atom is 0.234 e. The number of tetrazole rings is 1. The van der Waals surface area contributed by atoms with Crippen LogP contribution in [0.5, 0.6) is 5.75 Å². The van der Waals surface area contributed by atoms with Gasteiger partial charge in [0.1, 0.15) is 5.75 Å². The quantitative estimate of drug-likeness (QED) is 0.630. The molecule has 0 aliphatic heterocycles. The Morgan fingerprint density at radius 3 is 2.78 bits per heavy atom. The molecule has 1 heterocycles. The van der Waals surface area contributed by atoms with Gasteiger partial charge in [0.15, 0.2) is 0 Å². The number of aryl methyl sites for hydroxylation is 2. The van der Waals surface area contributed by atoms with Gasteiger partial charge in [-0.1, -0.05) is 30.0 Å². The molecule has 0 spiro atoms. The summed E-state index contributed by atoms with van der Waals surface area (Å²) in [6, 6.07) is 13.4. The Hall–Kier alpha value is -2.87. The van der Waals surface area contributed by atoms with Crippen LogP contribution in [0, 0.1) is 13.8 Å². The molecule has 8 heteroatoms. The summed E-state index contributed by atoms with van der Waals surface area (Å²) in [4.78, 5) is 12.3. The number of para-hydroxylation sites is 2. The molecular formula is C19H21N5O2S. The molecule has 0 fully saturated rings. The number of ether oxygens (including phenoxy) is 1. The number of benzene rings is 2. The first kappa shape index (κ1) is 18.9. The molecular weight excluding hydrogens is 362 g/mol. The van der Waals surface area contributed by atoms with E-state index in [1.807, 2.05) is 56.3 Å². The zero-order valence-corrected chi connectivity index (χ0v) is 16.3. The first-order valence-electron chi connectivity index (χ1n) is 8.59. The number of hydrogen-bond acceptors (Lipinski definition) is 6. The lowest BCUT2D eigenvalue weighted by molar-refractivity contribution is -0.113. The second kappa shape index (κ2) is 8.68. The Kier molecular flexibility index (Phi) is 6.08. The molecule has 7 nitrogen and oxygen atoms in total. The molecule has 27 heavy (non-hydrogen) atoms. The lowest BCUT2D eigenvalue weighted by Crippen LogP contribution is -2.15. The van der Waals surface area contributed by atoms with E-state index in [9.17, 15) is 4.79 Å². The highest BCUT2D eigenvalue weighted by Crippen LogP contribution is 2.25. The van der Waals surface area contributed by atoms with Gasteiger partial charge < -0.3 is 10.1 Å². The van der Waals surface area contributed by atoms with Crippen LogP contribution < -0.4 is 10.1 Å². The molecule has 0 unspecified atom stereocenters. The number of anilines is 1. The van der Waals surface area contributed by atoms with E-state index in [0.29, 0.717) is 23.2 Å². The van der Waals surface area contributed by atoms with Crippen LogP contribution in [0.4, 0.5) is 5.69 Å². The standard InChI is InChI=1S/C19H21N5O2S/c1-4-26-17-8-6-5-7-16(17)20-18(25)12-27-19-21-22-23-24(19)15-10-9-13(2)14(3)11-15/h5-11H,4,12H2,1-3H3,(H,20,25). The second-order valence-corrected chi connectivity index (χ2v) is 6.85. The van der Waals surface area contributed by atoms with E-state index in [-0.39, 0.29) is 11.7 Å². The molecule has 0 saturated heterocycles. The predicted octanol–water partition coefficient (Wildman–Crippen LogP) is 3.41. The zero-order chi connectivity index (χ0) is 19.2. The number of nitrogens with zero attached hydrogens (tertiary/aromatic N) is 4. The summed E-state index contributed by atoms with van der Waals surface area (Å²) in [6.45, 7) is 6.53. The van der Waals surface area contributed by atoms with Gasteiger partial charge in [0.05, 0.1) is 23.7 Å². The molecule has 0 atom stereocenters. The fraction of sp³-hybridized carbons (Fsp3) is 0.263. The van der Waals surface area contributed by atoms with Gasteiger partial charge in [-0.05, 0) is 66.6 Å². The fourth-order valence-electron chi connectivity index (χ4n) is 2.46. The van der Waals surface area contributed by atoms with E-state index < -0.39 is 0 Å². The summed E-state index contributed by atoms with van der Waals surface area (Å²) >= 11 is 1.28. The number of rotatable bonds is 7. The number of carbonyl (C=O) groups excluding carboxylic acids is 1. The van der Waals surface area contributed by atoms with Gasteiger partial charge in [0.2, 0.25) is 11.1 Å². The van der Waals surface area contributed by atoms with Crippen LogP contribution >= 0.6 is 11.8 Å². The summed E-state index contributed by atoms with van der Waals surface area (Å²) in [5.41, 5.74) is 3.88. The lowest BCUT2D eigenvalue weighted by atomic mass is 10.1. The van der Waals surface area contributed by atoms with Crippen molar-refractivity contribution in [1.29, 1.82) is 0 Å². The van der Waals surface area contributed by atoms with Gasteiger partial charge in [-0.3, -0.25) is 4.79 Å². The van der Waals surface area contributed by atoms with E-state index in [1.54, 1.807) is 4.68 Å². The van der Waals surface area contributed by atoms with Crippen molar-refractivity contribution in [2.24, 2.45) is 0 Å². The topological polar surface area (TPSA) is 81.9 Å². The summed E-state index contributed by atoms with van der Waals surface area (Å²) < 4.78 is 7.17. The molecule has 140 valence electrons. The predicted molar refractivity (Wildman–Crippen MR) is 106 cm³/mol. The van der Waals surface area contributed by atoms with Crippen molar-refractivity contribution in [3.63, 3.8) is 0 Å². The third-order valence-electron chi connectivity index (χ3n) is 3.97. The van der Waals surface area contributed by atoms with Crippen LogP contribution in [0.25, 0.3) is 5.69 Å². The average Bonchev–Trinajstić information content (AvgIpc) is 3.13. The molecule has 0 radical (unpaired) electrons. The Bertz CT molecular complexity index is 941. The molecule has 3 aromatic rings. The molecule has 0 bridgehead atoms. The maximum absolute atomic E-state index is 12.3. The van der Waals surface area contributed by atoms with E-state index in [2.05, 4.69) is 27.8 Å². The fourth-order valence-corrected chi connectivity index (χ4v) is 3.15. The molecule has 1 amide bonds. The smallest absolute Gasteiger partial charge is 0.234 e. The number of hydrogen-bond donors (Lipinski definition) is 1. The first-order chi connectivity index (χ1) is 13.1. The van der Waals surface area contributed by atoms with Gasteiger partial charge in [0, 0.05) is 0 Å². The second-order valence-electron chi connectivity index (χ2n) is 5.91. The Labute approximate surface area is 162 Å². The Balaban J connectivity index is 1.67. The molecule has 0 aliphatic rings. The number of aromatic nitrogens is 4. The highest BCUT2D eigenvalue weighted by Gasteiger charge is 2.13.